The fourth-order valence-corrected chi connectivity index (χ4v) is 2.72. The van der Waals surface area contributed by atoms with Gasteiger partial charge in [-0.2, -0.15) is 0 Å². The Bertz CT molecular complexity index is 615. The zero-order chi connectivity index (χ0) is 14.7. The lowest BCUT2D eigenvalue weighted by molar-refractivity contribution is 0.0974. The number of aromatic nitrogens is 2. The van der Waals surface area contributed by atoms with Crippen molar-refractivity contribution >= 4 is 11.7 Å². The second kappa shape index (κ2) is 5.99. The van der Waals surface area contributed by atoms with E-state index in [0.717, 1.165) is 37.3 Å². The summed E-state index contributed by atoms with van der Waals surface area (Å²) in [5.41, 5.74) is 0.726. The van der Waals surface area contributed by atoms with Crippen LogP contribution in [-0.2, 0) is 0 Å². The molecule has 108 valence electrons. The van der Waals surface area contributed by atoms with Gasteiger partial charge in [0.2, 0.25) is 5.95 Å². The molecular weight excluding hydrogens is 269 g/mol. The van der Waals surface area contributed by atoms with Crippen LogP contribution in [0.3, 0.4) is 0 Å². The summed E-state index contributed by atoms with van der Waals surface area (Å²) in [6.45, 7) is 0.804. The van der Waals surface area contributed by atoms with Gasteiger partial charge in [0, 0.05) is 24.6 Å². The largest absolute Gasteiger partial charge is 0.337 e. The highest BCUT2D eigenvalue weighted by Gasteiger charge is 2.28. The number of rotatable bonds is 4. The van der Waals surface area contributed by atoms with Gasteiger partial charge in [0.25, 0.3) is 0 Å². The van der Waals surface area contributed by atoms with Crippen molar-refractivity contribution in [3.8, 4) is 0 Å². The molecule has 1 aliphatic heterocycles. The summed E-state index contributed by atoms with van der Waals surface area (Å²) in [4.78, 5) is 22.3. The van der Waals surface area contributed by atoms with Crippen LogP contribution in [0.4, 0.5) is 10.3 Å². The first-order valence-corrected chi connectivity index (χ1v) is 7.06. The van der Waals surface area contributed by atoms with E-state index in [1.54, 1.807) is 0 Å². The number of anilines is 1. The van der Waals surface area contributed by atoms with Crippen molar-refractivity contribution in [3.63, 3.8) is 0 Å². The fourth-order valence-electron chi connectivity index (χ4n) is 2.72. The van der Waals surface area contributed by atoms with Gasteiger partial charge in [0.05, 0.1) is 12.4 Å². The summed E-state index contributed by atoms with van der Waals surface area (Å²) in [5.74, 6) is 0.171. The van der Waals surface area contributed by atoms with Crippen molar-refractivity contribution in [2.24, 2.45) is 0 Å². The third-order valence-corrected chi connectivity index (χ3v) is 3.76. The molecule has 1 aromatic heterocycles. The number of carbonyl (C=O) groups is 1. The van der Waals surface area contributed by atoms with Gasteiger partial charge in [-0.15, -0.1) is 0 Å². The summed E-state index contributed by atoms with van der Waals surface area (Å²) in [6.07, 6.45) is 4.69. The SMILES string of the molecule is O=C(C[C@@H]1CCCN1c1ncc(F)cn1)c1ccccc1. The second-order valence-corrected chi connectivity index (χ2v) is 5.18. The minimum absolute atomic E-state index is 0.0863. The van der Waals surface area contributed by atoms with Gasteiger partial charge in [-0.3, -0.25) is 4.79 Å². The van der Waals surface area contributed by atoms with E-state index >= 15 is 0 Å². The Morgan fingerprint density at radius 3 is 2.67 bits per heavy atom. The van der Waals surface area contributed by atoms with E-state index in [4.69, 9.17) is 0 Å². The van der Waals surface area contributed by atoms with Crippen molar-refractivity contribution in [1.82, 2.24) is 9.97 Å². The molecule has 1 fully saturated rings. The topological polar surface area (TPSA) is 46.1 Å². The number of benzene rings is 1. The molecule has 2 heterocycles. The average molecular weight is 285 g/mol. The van der Waals surface area contributed by atoms with Crippen molar-refractivity contribution in [3.05, 3.63) is 54.1 Å². The number of hydrogen-bond donors (Lipinski definition) is 0. The number of carbonyl (C=O) groups excluding carboxylic acids is 1. The zero-order valence-electron chi connectivity index (χ0n) is 11.6. The molecule has 1 atom stereocenters. The van der Waals surface area contributed by atoms with E-state index in [9.17, 15) is 9.18 Å². The van der Waals surface area contributed by atoms with Gasteiger partial charge in [0.15, 0.2) is 11.6 Å². The van der Waals surface area contributed by atoms with Gasteiger partial charge >= 0.3 is 0 Å². The molecule has 0 aliphatic carbocycles. The van der Waals surface area contributed by atoms with Crippen molar-refractivity contribution in [1.29, 1.82) is 0 Å². The predicted molar refractivity (Wildman–Crippen MR) is 77.7 cm³/mol. The highest BCUT2D eigenvalue weighted by molar-refractivity contribution is 5.96. The molecule has 0 unspecified atom stereocenters. The van der Waals surface area contributed by atoms with Crippen molar-refractivity contribution in [2.75, 3.05) is 11.4 Å². The van der Waals surface area contributed by atoms with Crippen LogP contribution in [-0.4, -0.2) is 28.3 Å². The first-order valence-electron chi connectivity index (χ1n) is 7.06. The third kappa shape index (κ3) is 3.07. The third-order valence-electron chi connectivity index (χ3n) is 3.76. The van der Waals surface area contributed by atoms with Crippen LogP contribution in [0.25, 0.3) is 0 Å². The lowest BCUT2D eigenvalue weighted by Crippen LogP contribution is -2.32. The smallest absolute Gasteiger partial charge is 0.225 e. The molecule has 0 radical (unpaired) electrons. The highest BCUT2D eigenvalue weighted by Crippen LogP contribution is 2.25. The quantitative estimate of drug-likeness (QED) is 0.810. The summed E-state index contributed by atoms with van der Waals surface area (Å²) < 4.78 is 12.9. The van der Waals surface area contributed by atoms with Gasteiger partial charge < -0.3 is 4.90 Å². The molecule has 0 N–H and O–H groups in total. The van der Waals surface area contributed by atoms with Crippen molar-refractivity contribution in [2.45, 2.75) is 25.3 Å². The van der Waals surface area contributed by atoms with Crippen LogP contribution in [0.5, 0.6) is 0 Å². The van der Waals surface area contributed by atoms with E-state index in [1.165, 1.54) is 0 Å². The van der Waals surface area contributed by atoms with Crippen LogP contribution in [0.15, 0.2) is 42.7 Å². The van der Waals surface area contributed by atoms with Crippen LogP contribution >= 0.6 is 0 Å². The monoisotopic (exact) mass is 285 g/mol. The zero-order valence-corrected chi connectivity index (χ0v) is 11.6. The van der Waals surface area contributed by atoms with Gasteiger partial charge in [-0.1, -0.05) is 30.3 Å². The first-order chi connectivity index (χ1) is 10.2. The Kier molecular flexibility index (Phi) is 3.90. The number of ketones is 1. The average Bonchev–Trinajstić information content (AvgIpc) is 2.97. The predicted octanol–water partition coefficient (Wildman–Crippen LogP) is 2.86. The molecule has 1 saturated heterocycles. The Labute approximate surface area is 122 Å². The molecule has 0 spiro atoms. The van der Waals surface area contributed by atoms with Crippen LogP contribution in [0, 0.1) is 5.82 Å². The maximum absolute atomic E-state index is 12.9. The summed E-state index contributed by atoms with van der Waals surface area (Å²) in [6, 6.07) is 9.37. The number of hydrogen-bond acceptors (Lipinski definition) is 4. The normalized spacial score (nSPS) is 18.0. The fraction of sp³-hybridized carbons (Fsp3) is 0.312. The minimum atomic E-state index is -0.449. The van der Waals surface area contributed by atoms with E-state index in [-0.39, 0.29) is 11.8 Å². The summed E-state index contributed by atoms with van der Waals surface area (Å²) >= 11 is 0. The first kappa shape index (κ1) is 13.7. The minimum Gasteiger partial charge on any atom is -0.337 e. The van der Waals surface area contributed by atoms with E-state index in [1.807, 2.05) is 35.2 Å². The molecule has 2 aromatic rings. The Hall–Kier alpha value is -2.30. The molecule has 3 rings (SSSR count). The van der Waals surface area contributed by atoms with E-state index < -0.39 is 5.82 Å². The Morgan fingerprint density at radius 2 is 1.95 bits per heavy atom. The molecule has 1 aromatic carbocycles. The van der Waals surface area contributed by atoms with E-state index in [2.05, 4.69) is 9.97 Å². The maximum atomic E-state index is 12.9. The molecule has 0 bridgehead atoms. The molecule has 21 heavy (non-hydrogen) atoms. The standard InChI is InChI=1S/C16H16FN3O/c17-13-10-18-16(19-11-13)20-8-4-7-14(20)9-15(21)12-5-2-1-3-6-12/h1-3,5-6,10-11,14H,4,7-9H2/t14-/m0/s1. The lowest BCUT2D eigenvalue weighted by Gasteiger charge is -2.23. The van der Waals surface area contributed by atoms with Crippen LogP contribution in [0.2, 0.25) is 0 Å². The van der Waals surface area contributed by atoms with Crippen molar-refractivity contribution < 1.29 is 9.18 Å². The number of halogens is 1. The van der Waals surface area contributed by atoms with Gasteiger partial charge in [0.1, 0.15) is 0 Å². The van der Waals surface area contributed by atoms with Gasteiger partial charge in [-0.25, -0.2) is 14.4 Å². The molecule has 4 nitrogen and oxygen atoms in total. The molecule has 0 saturated carbocycles. The second-order valence-electron chi connectivity index (χ2n) is 5.18. The number of Topliss-reactive ketones (excluding diaryl/α,β-unsaturated/α-hetero) is 1. The number of nitrogens with zero attached hydrogens (tertiary/aromatic N) is 3. The molecule has 1 aliphatic rings. The highest BCUT2D eigenvalue weighted by atomic mass is 19.1. The van der Waals surface area contributed by atoms with Crippen LogP contribution < -0.4 is 4.90 Å². The van der Waals surface area contributed by atoms with Crippen LogP contribution in [0.1, 0.15) is 29.6 Å². The van der Waals surface area contributed by atoms with Gasteiger partial charge in [-0.05, 0) is 12.8 Å². The maximum Gasteiger partial charge on any atom is 0.225 e. The lowest BCUT2D eigenvalue weighted by atomic mass is 10.0. The Balaban J connectivity index is 1.72. The van der Waals surface area contributed by atoms with E-state index in [0.29, 0.717) is 12.4 Å². The molecule has 5 heteroatoms. The Morgan fingerprint density at radius 1 is 1.24 bits per heavy atom. The molecule has 0 amide bonds. The summed E-state index contributed by atoms with van der Waals surface area (Å²) in [5, 5.41) is 0. The summed E-state index contributed by atoms with van der Waals surface area (Å²) in [7, 11) is 0. The molecular formula is C16H16FN3O.